The van der Waals surface area contributed by atoms with Gasteiger partial charge >= 0.3 is 0 Å². The van der Waals surface area contributed by atoms with Crippen molar-refractivity contribution in [1.82, 2.24) is 10.2 Å². The summed E-state index contributed by atoms with van der Waals surface area (Å²) in [5.41, 5.74) is 0. The highest BCUT2D eigenvalue weighted by Crippen LogP contribution is 2.18. The van der Waals surface area contributed by atoms with E-state index in [0.29, 0.717) is 6.61 Å². The van der Waals surface area contributed by atoms with Crippen molar-refractivity contribution in [2.24, 2.45) is 0 Å². The summed E-state index contributed by atoms with van der Waals surface area (Å²) in [4.78, 5) is 2.37. The second-order valence-electron chi connectivity index (χ2n) is 4.66. The Bertz CT molecular complexity index is 182. The second-order valence-corrected chi connectivity index (χ2v) is 4.66. The van der Waals surface area contributed by atoms with Crippen LogP contribution in [0.25, 0.3) is 0 Å². The lowest BCUT2D eigenvalue weighted by Gasteiger charge is -2.21. The van der Waals surface area contributed by atoms with Gasteiger partial charge in [0.25, 0.3) is 0 Å². The van der Waals surface area contributed by atoms with Crippen molar-refractivity contribution in [3.8, 4) is 0 Å². The third-order valence-corrected chi connectivity index (χ3v) is 3.22. The maximum absolute atomic E-state index is 5.87. The van der Waals surface area contributed by atoms with Crippen LogP contribution in [0, 0.1) is 0 Å². The van der Waals surface area contributed by atoms with Gasteiger partial charge < -0.3 is 19.7 Å². The number of methoxy groups -OCH3 is 1. The van der Waals surface area contributed by atoms with Crippen molar-refractivity contribution >= 4 is 0 Å². The van der Waals surface area contributed by atoms with Gasteiger partial charge in [-0.3, -0.25) is 0 Å². The number of likely N-dealkylation sites (N-methyl/N-ethyl adjacent to an activating group) is 1. The first-order valence-corrected chi connectivity index (χ1v) is 6.86. The molecular formula is C13H28N2O2. The molecule has 1 aliphatic rings. The van der Waals surface area contributed by atoms with Gasteiger partial charge in [0, 0.05) is 26.2 Å². The minimum absolute atomic E-state index is 0.191. The molecule has 1 fully saturated rings. The van der Waals surface area contributed by atoms with Gasteiger partial charge in [0.15, 0.2) is 0 Å². The number of hydrogen-bond donors (Lipinski definition) is 1. The fraction of sp³-hybridized carbons (Fsp3) is 1.00. The van der Waals surface area contributed by atoms with E-state index in [1.54, 1.807) is 7.11 Å². The summed E-state index contributed by atoms with van der Waals surface area (Å²) in [6.45, 7) is 9.95. The molecule has 0 radical (unpaired) electrons. The fourth-order valence-electron chi connectivity index (χ4n) is 1.83. The zero-order chi connectivity index (χ0) is 12.5. The minimum atomic E-state index is 0.191. The molecule has 0 aromatic carbocycles. The van der Waals surface area contributed by atoms with Crippen LogP contribution in [-0.4, -0.2) is 63.5 Å². The van der Waals surface area contributed by atoms with E-state index < -0.39 is 0 Å². The van der Waals surface area contributed by atoms with Crippen LogP contribution >= 0.6 is 0 Å². The second kappa shape index (κ2) is 8.86. The van der Waals surface area contributed by atoms with Crippen LogP contribution in [0.5, 0.6) is 0 Å². The summed E-state index contributed by atoms with van der Waals surface area (Å²) >= 11 is 0. The lowest BCUT2D eigenvalue weighted by Crippen LogP contribution is -2.36. The maximum atomic E-state index is 5.87. The predicted molar refractivity (Wildman–Crippen MR) is 70.4 cm³/mol. The minimum Gasteiger partial charge on any atom is -0.382 e. The topological polar surface area (TPSA) is 33.7 Å². The van der Waals surface area contributed by atoms with E-state index in [1.807, 2.05) is 0 Å². The summed E-state index contributed by atoms with van der Waals surface area (Å²) in [6, 6.07) is 0.737. The van der Waals surface area contributed by atoms with Crippen molar-refractivity contribution in [3.05, 3.63) is 0 Å². The van der Waals surface area contributed by atoms with E-state index in [0.717, 1.165) is 38.8 Å². The molecule has 4 nitrogen and oxygen atoms in total. The summed E-state index contributed by atoms with van der Waals surface area (Å²) < 4.78 is 11.1. The van der Waals surface area contributed by atoms with E-state index >= 15 is 0 Å². The van der Waals surface area contributed by atoms with Crippen LogP contribution in [0.1, 0.15) is 26.7 Å². The molecule has 4 heteroatoms. The normalized spacial score (nSPS) is 17.6. The summed E-state index contributed by atoms with van der Waals surface area (Å²) in [6.07, 6.45) is 2.83. The van der Waals surface area contributed by atoms with Crippen molar-refractivity contribution < 1.29 is 9.47 Å². The molecule has 102 valence electrons. The summed E-state index contributed by atoms with van der Waals surface area (Å²) in [5, 5.41) is 3.49. The van der Waals surface area contributed by atoms with Crippen LogP contribution in [0.4, 0.5) is 0 Å². The van der Waals surface area contributed by atoms with E-state index in [2.05, 4.69) is 24.1 Å². The molecule has 0 aliphatic heterocycles. The highest BCUT2D eigenvalue weighted by atomic mass is 16.5. The number of hydrogen-bond acceptors (Lipinski definition) is 4. The monoisotopic (exact) mass is 244 g/mol. The van der Waals surface area contributed by atoms with E-state index in [9.17, 15) is 0 Å². The molecule has 1 atom stereocenters. The average Bonchev–Trinajstić information content (AvgIpc) is 3.15. The quantitative estimate of drug-likeness (QED) is 0.590. The van der Waals surface area contributed by atoms with Gasteiger partial charge in [0.1, 0.15) is 0 Å². The molecule has 0 bridgehead atoms. The Labute approximate surface area is 106 Å². The molecule has 1 unspecified atom stereocenters. The molecule has 17 heavy (non-hydrogen) atoms. The number of rotatable bonds is 11. The molecule has 1 N–H and O–H groups in total. The van der Waals surface area contributed by atoms with E-state index in [-0.39, 0.29) is 6.10 Å². The van der Waals surface area contributed by atoms with Gasteiger partial charge in [0.2, 0.25) is 0 Å². The van der Waals surface area contributed by atoms with Crippen molar-refractivity contribution in [1.29, 1.82) is 0 Å². The summed E-state index contributed by atoms with van der Waals surface area (Å²) in [5.74, 6) is 0. The van der Waals surface area contributed by atoms with E-state index in [4.69, 9.17) is 9.47 Å². The van der Waals surface area contributed by atoms with Crippen molar-refractivity contribution in [3.63, 3.8) is 0 Å². The van der Waals surface area contributed by atoms with Crippen LogP contribution in [0.3, 0.4) is 0 Å². The first-order valence-electron chi connectivity index (χ1n) is 6.86. The Morgan fingerprint density at radius 3 is 2.53 bits per heavy atom. The molecule has 0 heterocycles. The zero-order valence-corrected chi connectivity index (χ0v) is 11.6. The fourth-order valence-corrected chi connectivity index (χ4v) is 1.83. The zero-order valence-electron chi connectivity index (χ0n) is 11.6. The molecule has 0 saturated heterocycles. The lowest BCUT2D eigenvalue weighted by molar-refractivity contribution is -0.00836. The predicted octanol–water partition coefficient (Wildman–Crippen LogP) is 1.11. The van der Waals surface area contributed by atoms with Crippen molar-refractivity contribution in [2.45, 2.75) is 38.8 Å². The van der Waals surface area contributed by atoms with Crippen molar-refractivity contribution in [2.75, 3.05) is 46.5 Å². The molecule has 0 amide bonds. The third-order valence-electron chi connectivity index (χ3n) is 3.22. The van der Waals surface area contributed by atoms with Gasteiger partial charge in [-0.15, -0.1) is 0 Å². The van der Waals surface area contributed by atoms with Gasteiger partial charge in [0.05, 0.1) is 19.3 Å². The number of ether oxygens (including phenoxy) is 2. The Hall–Kier alpha value is -0.160. The molecule has 0 aromatic heterocycles. The largest absolute Gasteiger partial charge is 0.382 e. The number of nitrogens with zero attached hydrogens (tertiary/aromatic N) is 1. The van der Waals surface area contributed by atoms with Crippen LogP contribution in [0.2, 0.25) is 0 Å². The first-order chi connectivity index (χ1) is 8.30. The van der Waals surface area contributed by atoms with E-state index in [1.165, 1.54) is 12.8 Å². The van der Waals surface area contributed by atoms with Gasteiger partial charge in [-0.1, -0.05) is 13.8 Å². The standard InChI is InChI=1S/C13H28N2O2/c1-4-15(5-2)8-9-17-13(11-16-3)10-14-12-6-7-12/h12-14H,4-11H2,1-3H3. The smallest absolute Gasteiger partial charge is 0.0933 e. The Kier molecular flexibility index (Phi) is 7.77. The Morgan fingerprint density at radius 1 is 1.29 bits per heavy atom. The van der Waals surface area contributed by atoms with Crippen LogP contribution in [0.15, 0.2) is 0 Å². The van der Waals surface area contributed by atoms with Crippen LogP contribution in [-0.2, 0) is 9.47 Å². The Morgan fingerprint density at radius 2 is 2.00 bits per heavy atom. The SMILES string of the molecule is CCN(CC)CCOC(CNC1CC1)COC. The molecule has 0 spiro atoms. The highest BCUT2D eigenvalue weighted by molar-refractivity contribution is 4.82. The lowest BCUT2D eigenvalue weighted by atomic mass is 10.3. The summed E-state index contributed by atoms with van der Waals surface area (Å²) in [7, 11) is 1.73. The van der Waals surface area contributed by atoms with Gasteiger partial charge in [-0.05, 0) is 25.9 Å². The first kappa shape index (κ1) is 14.9. The number of nitrogens with one attached hydrogen (secondary N) is 1. The average molecular weight is 244 g/mol. The molecule has 1 saturated carbocycles. The molecule has 1 aliphatic carbocycles. The third kappa shape index (κ3) is 6.99. The van der Waals surface area contributed by atoms with Gasteiger partial charge in [-0.25, -0.2) is 0 Å². The Balaban J connectivity index is 2.08. The highest BCUT2D eigenvalue weighted by Gasteiger charge is 2.22. The van der Waals surface area contributed by atoms with Gasteiger partial charge in [-0.2, -0.15) is 0 Å². The van der Waals surface area contributed by atoms with Crippen LogP contribution < -0.4 is 5.32 Å². The molecular weight excluding hydrogens is 216 g/mol. The maximum Gasteiger partial charge on any atom is 0.0933 e. The molecule has 1 rings (SSSR count). The molecule has 0 aromatic rings.